The van der Waals surface area contributed by atoms with E-state index < -0.39 is 21.1 Å². The van der Waals surface area contributed by atoms with E-state index in [-0.39, 0.29) is 19.0 Å². The van der Waals surface area contributed by atoms with Crippen LogP contribution in [0.15, 0.2) is 23.0 Å². The van der Waals surface area contributed by atoms with Gasteiger partial charge in [-0.15, -0.1) is 0 Å². The largest absolute Gasteiger partial charge is 0.458 e. The molecule has 0 saturated carbocycles. The van der Waals surface area contributed by atoms with E-state index in [4.69, 9.17) is 23.7 Å². The lowest BCUT2D eigenvalue weighted by Gasteiger charge is -2.24. The van der Waals surface area contributed by atoms with E-state index in [1.54, 1.807) is 10.6 Å². The van der Waals surface area contributed by atoms with Gasteiger partial charge >= 0.3 is 5.97 Å². The van der Waals surface area contributed by atoms with Crippen molar-refractivity contribution < 1.29 is 28.4 Å². The average Bonchev–Trinajstić information content (AvgIpc) is 3.37. The number of carbonyl (C=O) groups excluding carboxylic acids is 1. The first kappa shape index (κ1) is 18.7. The van der Waals surface area contributed by atoms with E-state index in [0.717, 1.165) is 28.5 Å². The highest BCUT2D eigenvalue weighted by Crippen LogP contribution is 2.42. The average molecular weight is 440 g/mol. The van der Waals surface area contributed by atoms with Crippen molar-refractivity contribution in [3.05, 3.63) is 50.8 Å². The Bertz CT molecular complexity index is 1350. The Morgan fingerprint density at radius 1 is 1.19 bits per heavy atom. The topological polar surface area (TPSA) is 109 Å². The molecule has 0 saturated heterocycles. The molecule has 0 fully saturated rings. The Morgan fingerprint density at radius 3 is 2.77 bits per heavy atom. The predicted octanol–water partition coefficient (Wildman–Crippen LogP) is 2.33. The van der Waals surface area contributed by atoms with Crippen molar-refractivity contribution in [2.24, 2.45) is 0 Å². The van der Waals surface area contributed by atoms with Gasteiger partial charge in [0, 0.05) is 22.6 Å². The molecule has 2 atom stereocenters. The van der Waals surface area contributed by atoms with Gasteiger partial charge in [-0.2, -0.15) is 0 Å². The fourth-order valence-corrected chi connectivity index (χ4v) is 4.98. The van der Waals surface area contributed by atoms with E-state index in [9.17, 15) is 14.5 Å². The number of nitrogens with zero attached hydrogens (tertiary/aromatic N) is 2. The quantitative estimate of drug-likeness (QED) is 0.382. The molecule has 1 N–H and O–H groups in total. The zero-order valence-corrected chi connectivity index (χ0v) is 17.4. The van der Waals surface area contributed by atoms with Gasteiger partial charge in [0.1, 0.15) is 6.61 Å². The summed E-state index contributed by atoms with van der Waals surface area (Å²) in [4.78, 5) is 39.5. The summed E-state index contributed by atoms with van der Waals surface area (Å²) in [5.41, 5.74) is 4.69. The van der Waals surface area contributed by atoms with Gasteiger partial charge in [0.2, 0.25) is 6.79 Å². The molecule has 0 radical (unpaired) electrons. The molecule has 2 aromatic heterocycles. The minimum absolute atomic E-state index is 0.116. The van der Waals surface area contributed by atoms with E-state index in [0.29, 0.717) is 40.6 Å². The molecule has 0 bridgehead atoms. The van der Waals surface area contributed by atoms with Gasteiger partial charge < -0.3 is 28.2 Å². The Balaban J connectivity index is 1.61. The summed E-state index contributed by atoms with van der Waals surface area (Å²) in [6.07, 6.45) is -0.378. The van der Waals surface area contributed by atoms with Crippen LogP contribution in [0, 0.1) is 0 Å². The van der Waals surface area contributed by atoms with Gasteiger partial charge in [0.15, 0.2) is 26.6 Å². The number of benzene rings is 1. The Kier molecular flexibility index (Phi) is 4.08. The summed E-state index contributed by atoms with van der Waals surface area (Å²) in [7, 11) is -0.906. The number of hydrogen-bond acceptors (Lipinski definition) is 8. The van der Waals surface area contributed by atoms with Gasteiger partial charge in [0.05, 0.1) is 29.0 Å². The van der Waals surface area contributed by atoms with Crippen molar-refractivity contribution >= 4 is 25.9 Å². The lowest BCUT2D eigenvalue weighted by molar-refractivity contribution is -0.155. The van der Waals surface area contributed by atoms with E-state index >= 15 is 0 Å². The van der Waals surface area contributed by atoms with Crippen LogP contribution in [-0.4, -0.2) is 27.2 Å². The molecule has 3 aromatic rings. The second-order valence-electron chi connectivity index (χ2n) is 7.55. The van der Waals surface area contributed by atoms with Gasteiger partial charge in [-0.25, -0.2) is 9.78 Å². The molecule has 3 aliphatic heterocycles. The maximum atomic E-state index is 13.3. The molecule has 10 heteroatoms. The molecule has 9 nitrogen and oxygen atoms in total. The van der Waals surface area contributed by atoms with Gasteiger partial charge in [0.25, 0.3) is 5.56 Å². The third kappa shape index (κ3) is 2.57. The number of hydrogen-bond donors (Lipinski definition) is 1. The number of pyridine rings is 2. The third-order valence-corrected chi connectivity index (χ3v) is 6.41. The highest BCUT2D eigenvalue weighted by Gasteiger charge is 2.36. The van der Waals surface area contributed by atoms with Gasteiger partial charge in [-0.1, -0.05) is 6.92 Å². The minimum Gasteiger partial charge on any atom is -0.458 e. The van der Waals surface area contributed by atoms with Crippen LogP contribution >= 0.6 is 9.03 Å². The fraction of sp³-hybridized carbons (Fsp3) is 0.286. The van der Waals surface area contributed by atoms with Crippen molar-refractivity contribution in [2.75, 3.05) is 6.79 Å². The highest BCUT2D eigenvalue weighted by molar-refractivity contribution is 7.25. The number of aromatic nitrogens is 2. The van der Waals surface area contributed by atoms with Crippen LogP contribution in [-0.2, 0) is 33.6 Å². The molecule has 158 valence electrons. The first-order chi connectivity index (χ1) is 15.1. The summed E-state index contributed by atoms with van der Waals surface area (Å²) in [5, 5.41) is 0.970. The molecule has 31 heavy (non-hydrogen) atoms. The standard InChI is InChI=1S/C21H17N2O7P/c1-2-9-10-4-16-17(29-8-28-16)5-14(10)22-18-12(9)6-23-15(18)3-11-13(20(23)24)7-27-21(25)19(11)30-31-26/h3-5,19,26,31H,2,6-8H2,1H3. The fourth-order valence-electron chi connectivity index (χ4n) is 4.65. The third-order valence-electron chi connectivity index (χ3n) is 6.07. The second kappa shape index (κ2) is 6.75. The summed E-state index contributed by atoms with van der Waals surface area (Å²) in [6.45, 7) is 2.52. The SMILES string of the molecule is CCc1c2c(nc3cc4c(cc13)OCO4)-c1cc3c(c(=O)n1C2)COC(=O)C3OPO. The Hall–Kier alpha value is -3.00. The molecular formula is C21H17N2O7P. The van der Waals surface area contributed by atoms with Gasteiger partial charge in [-0.05, 0) is 24.1 Å². The number of esters is 1. The van der Waals surface area contributed by atoms with Crippen molar-refractivity contribution in [1.29, 1.82) is 0 Å². The van der Waals surface area contributed by atoms with Crippen molar-refractivity contribution in [3.63, 3.8) is 0 Å². The minimum atomic E-state index is -1.13. The van der Waals surface area contributed by atoms with Crippen molar-refractivity contribution in [2.45, 2.75) is 32.6 Å². The van der Waals surface area contributed by atoms with Gasteiger partial charge in [-0.3, -0.25) is 4.79 Å². The summed E-state index contributed by atoms with van der Waals surface area (Å²) < 4.78 is 23.0. The van der Waals surface area contributed by atoms with Crippen LogP contribution in [0.25, 0.3) is 22.3 Å². The molecule has 1 aromatic carbocycles. The number of fused-ring (bicyclic) bond motifs is 6. The molecule has 6 rings (SSSR count). The van der Waals surface area contributed by atoms with Crippen LogP contribution in [0.2, 0.25) is 0 Å². The van der Waals surface area contributed by atoms with Crippen molar-refractivity contribution in [3.8, 4) is 22.9 Å². The monoisotopic (exact) mass is 440 g/mol. The number of aryl methyl sites for hydroxylation is 1. The second-order valence-corrected chi connectivity index (χ2v) is 7.96. The number of cyclic esters (lactones) is 1. The summed E-state index contributed by atoms with van der Waals surface area (Å²) >= 11 is 0. The normalized spacial score (nSPS) is 18.4. The van der Waals surface area contributed by atoms with Crippen LogP contribution in [0.1, 0.15) is 35.3 Å². The van der Waals surface area contributed by atoms with Crippen LogP contribution in [0.3, 0.4) is 0 Å². The summed E-state index contributed by atoms with van der Waals surface area (Å²) in [5.74, 6) is 0.709. The molecule has 0 amide bonds. The molecule has 0 aliphatic carbocycles. The molecule has 3 aliphatic rings. The summed E-state index contributed by atoms with van der Waals surface area (Å²) in [6, 6.07) is 5.56. The number of rotatable bonds is 3. The lowest BCUT2D eigenvalue weighted by atomic mass is 9.97. The Morgan fingerprint density at radius 2 is 2.00 bits per heavy atom. The number of carbonyl (C=O) groups is 1. The smallest absolute Gasteiger partial charge is 0.340 e. The first-order valence-electron chi connectivity index (χ1n) is 9.84. The number of ether oxygens (including phenoxy) is 3. The van der Waals surface area contributed by atoms with E-state index in [1.165, 1.54) is 0 Å². The lowest BCUT2D eigenvalue weighted by Crippen LogP contribution is -2.32. The van der Waals surface area contributed by atoms with Crippen LogP contribution in [0.4, 0.5) is 0 Å². The maximum absolute atomic E-state index is 13.3. The maximum Gasteiger partial charge on any atom is 0.340 e. The Labute approximate surface area is 177 Å². The van der Waals surface area contributed by atoms with Crippen LogP contribution < -0.4 is 15.0 Å². The van der Waals surface area contributed by atoms with E-state index in [1.807, 2.05) is 12.1 Å². The zero-order chi connectivity index (χ0) is 21.3. The highest BCUT2D eigenvalue weighted by atomic mass is 31.1. The molecule has 0 spiro atoms. The van der Waals surface area contributed by atoms with Crippen molar-refractivity contribution in [1.82, 2.24) is 9.55 Å². The first-order valence-corrected chi connectivity index (χ1v) is 10.7. The predicted molar refractivity (Wildman–Crippen MR) is 110 cm³/mol. The molecular weight excluding hydrogens is 423 g/mol. The molecule has 5 heterocycles. The van der Waals surface area contributed by atoms with E-state index in [2.05, 4.69) is 6.92 Å². The molecule has 2 unspecified atom stereocenters. The van der Waals surface area contributed by atoms with Crippen LogP contribution in [0.5, 0.6) is 11.5 Å². The zero-order valence-electron chi connectivity index (χ0n) is 16.4.